The Kier molecular flexibility index (Phi) is 17.1. The Morgan fingerprint density at radius 2 is 0.769 bits per heavy atom. The Morgan fingerprint density at radius 3 is 0.769 bits per heavy atom. The van der Waals surface area contributed by atoms with Gasteiger partial charge in [-0.25, -0.2) is 0 Å². The Labute approximate surface area is 100 Å². The van der Waals surface area contributed by atoms with E-state index in [0.29, 0.717) is 0 Å². The molecule has 0 heterocycles. The summed E-state index contributed by atoms with van der Waals surface area (Å²) in [6.07, 6.45) is 0. The van der Waals surface area contributed by atoms with Crippen LogP contribution in [0.4, 0.5) is 0 Å². The molecule has 6 nitrogen and oxygen atoms in total. The van der Waals surface area contributed by atoms with E-state index in [9.17, 15) is 0 Å². The second-order valence-corrected chi connectivity index (χ2v) is 10.7. The molecule has 0 aromatic rings. The van der Waals surface area contributed by atoms with Gasteiger partial charge < -0.3 is 29.4 Å². The van der Waals surface area contributed by atoms with Crippen LogP contribution in [0.15, 0.2) is 0 Å². The molecule has 0 radical (unpaired) electrons. The van der Waals surface area contributed by atoms with Gasteiger partial charge in [-0.05, 0) is 23.6 Å². The minimum absolute atomic E-state index is 0.931. The van der Waals surface area contributed by atoms with E-state index in [1.54, 1.807) is 0 Å². The first-order chi connectivity index (χ1) is 5.41. The molecule has 0 aliphatic carbocycles. The summed E-state index contributed by atoms with van der Waals surface area (Å²) in [5.41, 5.74) is 0. The molecule has 0 aliphatic rings. The number of halogens is 2. The van der Waals surface area contributed by atoms with Gasteiger partial charge in [0.15, 0.2) is 0 Å². The van der Waals surface area contributed by atoms with Gasteiger partial charge in [0.1, 0.15) is 0 Å². The van der Waals surface area contributed by atoms with Crippen LogP contribution in [0.5, 0.6) is 0 Å². The van der Waals surface area contributed by atoms with Crippen molar-refractivity contribution in [3.63, 3.8) is 0 Å². The third kappa shape index (κ3) is 419. The molecule has 0 aromatic carbocycles. The van der Waals surface area contributed by atoms with Gasteiger partial charge in [-0.15, -0.1) is 0 Å². The van der Waals surface area contributed by atoms with Gasteiger partial charge >= 0.3 is 48.0 Å². The van der Waals surface area contributed by atoms with E-state index >= 15 is 0 Å². The van der Waals surface area contributed by atoms with E-state index in [1.807, 2.05) is 0 Å². The second kappa shape index (κ2) is 10.8. The molecule has 0 fully saturated rings. The van der Waals surface area contributed by atoms with Crippen LogP contribution in [0.3, 0.4) is 0 Å². The number of rotatable bonds is 0. The van der Waals surface area contributed by atoms with Crippen molar-refractivity contribution in [1.29, 1.82) is 0 Å². The van der Waals surface area contributed by atoms with Crippen LogP contribution < -0.4 is 0 Å². The van der Waals surface area contributed by atoms with Gasteiger partial charge in [0, 0.05) is 0 Å². The molecule has 0 saturated heterocycles. The second-order valence-electron chi connectivity index (χ2n) is 1.13. The zero-order chi connectivity index (χ0) is 11.7. The zero-order valence-electron chi connectivity index (χ0n) is 5.86. The molecule has 0 unspecified atom stereocenters. The van der Waals surface area contributed by atoms with Crippen molar-refractivity contribution < 1.29 is 44.5 Å². The van der Waals surface area contributed by atoms with Gasteiger partial charge in [-0.2, -0.15) is 0 Å². The minimum atomic E-state index is -3.81. The van der Waals surface area contributed by atoms with E-state index in [-0.39, 0.29) is 0 Å². The van der Waals surface area contributed by atoms with E-state index < -0.39 is 28.6 Å². The number of hydrogen-bond acceptors (Lipinski definition) is 2. The molecule has 0 rings (SSSR count). The first-order valence-electron chi connectivity index (χ1n) is 2.10. The van der Waals surface area contributed by atoms with Crippen LogP contribution in [0.1, 0.15) is 0 Å². The summed E-state index contributed by atoms with van der Waals surface area (Å²) in [7, 11) is 9.90. The molecule has 13 heteroatoms. The average molecular weight is 364 g/mol. The first-order valence-corrected chi connectivity index (χ1v) is 15.2. The number of hydrogen-bond donors (Lipinski definition) is 6. The summed E-state index contributed by atoms with van der Waals surface area (Å²) in [6, 6.07) is 0. The third-order valence-corrected chi connectivity index (χ3v) is 0. The van der Waals surface area contributed by atoms with Crippen LogP contribution in [0.2, 0.25) is 0 Å². The molecule has 0 spiro atoms. The van der Waals surface area contributed by atoms with E-state index in [0.717, 1.165) is 0 Å². The molecule has 0 aliphatic heterocycles. The summed E-state index contributed by atoms with van der Waals surface area (Å²) >= 11 is 6.28. The molecule has 6 N–H and O–H groups in total. The monoisotopic (exact) mass is 362 g/mol. The molecule has 0 saturated carbocycles. The summed E-state index contributed by atoms with van der Waals surface area (Å²) in [4.78, 5) is 45.3. The van der Waals surface area contributed by atoms with Crippen LogP contribution in [-0.4, -0.2) is 29.4 Å². The fourth-order valence-electron chi connectivity index (χ4n) is 0. The first kappa shape index (κ1) is 20.6. The Hall–Kier alpha value is 2.26. The topological polar surface area (TPSA) is 121 Å². The molecule has 0 amide bonds. The van der Waals surface area contributed by atoms with Gasteiger partial charge in [-0.3, -0.25) is 0 Å². The average Bonchev–Trinajstić information content (AvgIpc) is 1.52. The van der Waals surface area contributed by atoms with Crippen molar-refractivity contribution in [2.45, 2.75) is 0 Å². The van der Waals surface area contributed by atoms with Gasteiger partial charge in [0.2, 0.25) is 0 Å². The predicted molar refractivity (Wildman–Crippen MR) is 53.6 cm³/mol. The van der Waals surface area contributed by atoms with Crippen molar-refractivity contribution in [1.82, 2.24) is 0 Å². The molecule has 80 valence electrons. The summed E-state index contributed by atoms with van der Waals surface area (Å²) in [5, 5.41) is 0. The van der Waals surface area contributed by atoms with Crippen LogP contribution >= 0.6 is 32.8 Å². The quantitative estimate of drug-likeness (QED) is 0.257. The third-order valence-electron chi connectivity index (χ3n) is 0. The molecule has 0 atom stereocenters. The van der Waals surface area contributed by atoms with Gasteiger partial charge in [-0.1, -0.05) is 0 Å². The SMILES string of the molecule is OP(O)(O)=S.OP(O)(O)=S.[Cl][Zn][Cl]. The molecular weight excluding hydrogens is 358 g/mol. The van der Waals surface area contributed by atoms with Gasteiger partial charge in [0.05, 0.1) is 0 Å². The fourth-order valence-corrected chi connectivity index (χ4v) is 0. The Bertz CT molecular complexity index is 151. The molecule has 0 bridgehead atoms. The van der Waals surface area contributed by atoms with Crippen molar-refractivity contribution in [3.05, 3.63) is 0 Å². The van der Waals surface area contributed by atoms with Crippen LogP contribution in [-0.2, 0) is 38.8 Å². The van der Waals surface area contributed by atoms with Crippen LogP contribution in [0.25, 0.3) is 0 Å². The fraction of sp³-hybridized carbons (Fsp3) is 0. The molecule has 0 aromatic heterocycles. The standard InChI is InChI=1S/2ClH.2H3O3PS.Zn/c;;2*1-4(2,3)5;/h2*1H;2*(H3,1,2,3,5);/q;;;;+2/p-2. The van der Waals surface area contributed by atoms with E-state index in [4.69, 9.17) is 48.7 Å². The normalized spacial score (nSPS) is 9.85. The van der Waals surface area contributed by atoms with Gasteiger partial charge in [0.25, 0.3) is 0 Å². The maximum absolute atomic E-state index is 7.56. The van der Waals surface area contributed by atoms with E-state index in [2.05, 4.69) is 23.6 Å². The zero-order valence-corrected chi connectivity index (χ0v) is 13.8. The predicted octanol–water partition coefficient (Wildman–Crippen LogP) is -0.248. The Balaban J connectivity index is -0.000000120. The van der Waals surface area contributed by atoms with Crippen LogP contribution in [0, 0.1) is 0 Å². The van der Waals surface area contributed by atoms with Crippen molar-refractivity contribution >= 4 is 56.4 Å². The van der Waals surface area contributed by atoms with E-state index in [1.165, 1.54) is 0 Å². The van der Waals surface area contributed by atoms with Crippen molar-refractivity contribution in [3.8, 4) is 0 Å². The Morgan fingerprint density at radius 1 is 0.769 bits per heavy atom. The maximum atomic E-state index is 7.56. The molecular formula is H6Cl2O6P2S2Zn. The summed E-state index contributed by atoms with van der Waals surface area (Å²) in [5.74, 6) is 0. The molecule has 13 heavy (non-hydrogen) atoms. The summed E-state index contributed by atoms with van der Waals surface area (Å²) < 4.78 is 0. The van der Waals surface area contributed by atoms with Crippen molar-refractivity contribution in [2.75, 3.05) is 0 Å². The van der Waals surface area contributed by atoms with Crippen molar-refractivity contribution in [2.24, 2.45) is 0 Å². The summed E-state index contributed by atoms with van der Waals surface area (Å²) in [6.45, 7) is -7.61.